The summed E-state index contributed by atoms with van der Waals surface area (Å²) in [6.07, 6.45) is 2.70. The number of fused-ring (bicyclic) bond motifs is 1. The van der Waals surface area contributed by atoms with E-state index in [-0.39, 0.29) is 11.9 Å². The SMILES string of the molecule is Cc1oc2ccc(OCc3nccs3)cc2c1C(=O)NC1CCNC1. The van der Waals surface area contributed by atoms with Crippen molar-refractivity contribution in [2.24, 2.45) is 0 Å². The lowest BCUT2D eigenvalue weighted by molar-refractivity contribution is 0.0940. The fourth-order valence-electron chi connectivity index (χ4n) is 3.08. The zero-order valence-electron chi connectivity index (χ0n) is 13.9. The van der Waals surface area contributed by atoms with Crippen LogP contribution in [0.25, 0.3) is 11.0 Å². The van der Waals surface area contributed by atoms with Crippen molar-refractivity contribution in [3.8, 4) is 5.75 Å². The van der Waals surface area contributed by atoms with Gasteiger partial charge < -0.3 is 19.8 Å². The van der Waals surface area contributed by atoms with Crippen LogP contribution in [0.15, 0.2) is 34.2 Å². The lowest BCUT2D eigenvalue weighted by atomic mass is 10.1. The molecule has 130 valence electrons. The van der Waals surface area contributed by atoms with E-state index in [1.807, 2.05) is 30.5 Å². The number of thiazole rings is 1. The van der Waals surface area contributed by atoms with E-state index >= 15 is 0 Å². The highest BCUT2D eigenvalue weighted by atomic mass is 32.1. The molecule has 0 radical (unpaired) electrons. The van der Waals surface area contributed by atoms with Crippen molar-refractivity contribution in [3.63, 3.8) is 0 Å². The summed E-state index contributed by atoms with van der Waals surface area (Å²) in [7, 11) is 0. The largest absolute Gasteiger partial charge is 0.486 e. The highest BCUT2D eigenvalue weighted by molar-refractivity contribution is 7.09. The summed E-state index contributed by atoms with van der Waals surface area (Å²) in [6.45, 7) is 3.97. The van der Waals surface area contributed by atoms with Crippen LogP contribution in [-0.4, -0.2) is 30.0 Å². The zero-order chi connectivity index (χ0) is 17.2. The number of carbonyl (C=O) groups is 1. The predicted molar refractivity (Wildman–Crippen MR) is 96.1 cm³/mol. The summed E-state index contributed by atoms with van der Waals surface area (Å²) < 4.78 is 11.5. The predicted octanol–water partition coefficient (Wildman–Crippen LogP) is 2.87. The van der Waals surface area contributed by atoms with Crippen LogP contribution in [0.5, 0.6) is 5.75 Å². The number of amides is 1. The molecule has 0 aliphatic carbocycles. The Kier molecular flexibility index (Phi) is 4.42. The van der Waals surface area contributed by atoms with Gasteiger partial charge in [0.2, 0.25) is 0 Å². The Morgan fingerprint density at radius 2 is 2.44 bits per heavy atom. The molecule has 1 unspecified atom stereocenters. The molecule has 0 spiro atoms. The summed E-state index contributed by atoms with van der Waals surface area (Å²) >= 11 is 1.55. The number of hydrogen-bond acceptors (Lipinski definition) is 6. The Morgan fingerprint density at radius 1 is 1.52 bits per heavy atom. The minimum atomic E-state index is -0.0953. The van der Waals surface area contributed by atoms with Crippen molar-refractivity contribution < 1.29 is 13.9 Å². The summed E-state index contributed by atoms with van der Waals surface area (Å²) in [4.78, 5) is 16.9. The number of furan rings is 1. The second-order valence-electron chi connectivity index (χ2n) is 6.07. The summed E-state index contributed by atoms with van der Waals surface area (Å²) in [5.74, 6) is 1.22. The van der Waals surface area contributed by atoms with Gasteiger partial charge in [-0.25, -0.2) is 4.98 Å². The number of aromatic nitrogens is 1. The minimum absolute atomic E-state index is 0.0953. The standard InChI is InChI=1S/C18H19N3O3S/c1-11-17(18(22)21-12-4-5-19-9-12)14-8-13(2-3-15(14)24-11)23-10-16-20-6-7-25-16/h2-3,6-8,12,19H,4-5,9-10H2,1H3,(H,21,22). The van der Waals surface area contributed by atoms with Crippen LogP contribution in [0.2, 0.25) is 0 Å². The van der Waals surface area contributed by atoms with Crippen LogP contribution >= 0.6 is 11.3 Å². The molecule has 1 saturated heterocycles. The van der Waals surface area contributed by atoms with Crippen molar-refractivity contribution in [2.75, 3.05) is 13.1 Å². The molecule has 25 heavy (non-hydrogen) atoms. The van der Waals surface area contributed by atoms with Crippen LogP contribution in [0, 0.1) is 6.92 Å². The minimum Gasteiger partial charge on any atom is -0.486 e. The number of ether oxygens (including phenoxy) is 1. The number of benzene rings is 1. The van der Waals surface area contributed by atoms with Gasteiger partial charge in [-0.1, -0.05) is 0 Å². The van der Waals surface area contributed by atoms with Crippen molar-refractivity contribution in [3.05, 3.63) is 46.1 Å². The highest BCUT2D eigenvalue weighted by Crippen LogP contribution is 2.29. The Hall–Kier alpha value is -2.38. The van der Waals surface area contributed by atoms with Gasteiger partial charge in [0, 0.05) is 29.5 Å². The third kappa shape index (κ3) is 3.38. The van der Waals surface area contributed by atoms with Crippen molar-refractivity contribution in [1.29, 1.82) is 0 Å². The Bertz CT molecular complexity index is 882. The van der Waals surface area contributed by atoms with Crippen molar-refractivity contribution >= 4 is 28.2 Å². The lowest BCUT2D eigenvalue weighted by Gasteiger charge is -2.11. The number of hydrogen-bond donors (Lipinski definition) is 2. The third-order valence-corrected chi connectivity index (χ3v) is 5.06. The first kappa shape index (κ1) is 16.1. The highest BCUT2D eigenvalue weighted by Gasteiger charge is 2.23. The molecule has 0 saturated carbocycles. The van der Waals surface area contributed by atoms with Crippen LogP contribution in [0.3, 0.4) is 0 Å². The first-order valence-electron chi connectivity index (χ1n) is 8.26. The Morgan fingerprint density at radius 3 is 3.20 bits per heavy atom. The van der Waals surface area contributed by atoms with Gasteiger partial charge in [-0.05, 0) is 38.1 Å². The van der Waals surface area contributed by atoms with Gasteiger partial charge in [-0.15, -0.1) is 11.3 Å². The summed E-state index contributed by atoms with van der Waals surface area (Å²) in [6, 6.07) is 5.72. The number of nitrogens with zero attached hydrogens (tertiary/aromatic N) is 1. The fraction of sp³-hybridized carbons (Fsp3) is 0.333. The molecule has 3 aromatic rings. The van der Waals surface area contributed by atoms with E-state index in [9.17, 15) is 4.79 Å². The second kappa shape index (κ2) is 6.85. The number of nitrogens with one attached hydrogen (secondary N) is 2. The maximum atomic E-state index is 12.7. The molecule has 2 N–H and O–H groups in total. The van der Waals surface area contributed by atoms with Gasteiger partial charge >= 0.3 is 0 Å². The number of rotatable bonds is 5. The molecule has 7 heteroatoms. The van der Waals surface area contributed by atoms with Gasteiger partial charge in [0.1, 0.15) is 28.7 Å². The summed E-state index contributed by atoms with van der Waals surface area (Å²) in [5, 5.41) is 9.93. The smallest absolute Gasteiger partial charge is 0.255 e. The Balaban J connectivity index is 1.58. The van der Waals surface area contributed by atoms with Crippen molar-refractivity contribution in [2.45, 2.75) is 26.0 Å². The molecule has 1 aromatic carbocycles. The molecule has 1 aliphatic rings. The molecular formula is C18H19N3O3S. The molecule has 0 bridgehead atoms. The lowest BCUT2D eigenvalue weighted by Crippen LogP contribution is -2.36. The van der Waals surface area contributed by atoms with E-state index in [1.165, 1.54) is 0 Å². The quantitative estimate of drug-likeness (QED) is 0.734. The molecule has 1 atom stereocenters. The topological polar surface area (TPSA) is 76.4 Å². The van der Waals surface area contributed by atoms with E-state index in [0.717, 1.165) is 29.9 Å². The monoisotopic (exact) mass is 357 g/mol. The molecular weight excluding hydrogens is 338 g/mol. The molecule has 4 rings (SSSR count). The first-order valence-corrected chi connectivity index (χ1v) is 9.14. The van der Waals surface area contributed by atoms with Gasteiger partial charge in [-0.2, -0.15) is 0 Å². The Labute approximate surface area is 149 Å². The molecule has 1 aliphatic heterocycles. The number of carbonyl (C=O) groups excluding carboxylic acids is 1. The molecule has 1 fully saturated rings. The maximum absolute atomic E-state index is 12.7. The van der Waals surface area contributed by atoms with Gasteiger partial charge in [0.25, 0.3) is 5.91 Å². The van der Waals surface area contributed by atoms with Crippen molar-refractivity contribution in [1.82, 2.24) is 15.6 Å². The fourth-order valence-corrected chi connectivity index (χ4v) is 3.60. The van der Waals surface area contributed by atoms with E-state index in [4.69, 9.17) is 9.15 Å². The average molecular weight is 357 g/mol. The number of aryl methyl sites for hydroxylation is 1. The molecule has 6 nitrogen and oxygen atoms in total. The van der Waals surface area contributed by atoms with Crippen LogP contribution in [0.1, 0.15) is 27.5 Å². The first-order chi connectivity index (χ1) is 12.2. The molecule has 2 aromatic heterocycles. The van der Waals surface area contributed by atoms with Crippen LogP contribution in [-0.2, 0) is 6.61 Å². The average Bonchev–Trinajstić information content (AvgIpc) is 3.33. The summed E-state index contributed by atoms with van der Waals surface area (Å²) in [5.41, 5.74) is 1.27. The van der Waals surface area contributed by atoms with Gasteiger partial charge in [0.15, 0.2) is 0 Å². The van der Waals surface area contributed by atoms with Crippen LogP contribution in [0.4, 0.5) is 0 Å². The zero-order valence-corrected chi connectivity index (χ0v) is 14.7. The van der Waals surface area contributed by atoms with E-state index in [0.29, 0.717) is 29.3 Å². The molecule has 1 amide bonds. The second-order valence-corrected chi connectivity index (χ2v) is 7.05. The van der Waals surface area contributed by atoms with E-state index in [2.05, 4.69) is 15.6 Å². The maximum Gasteiger partial charge on any atom is 0.255 e. The normalized spacial score (nSPS) is 17.1. The van der Waals surface area contributed by atoms with Gasteiger partial charge in [-0.3, -0.25) is 4.79 Å². The van der Waals surface area contributed by atoms with Gasteiger partial charge in [0.05, 0.1) is 5.56 Å². The van der Waals surface area contributed by atoms with E-state index in [1.54, 1.807) is 17.5 Å². The van der Waals surface area contributed by atoms with E-state index < -0.39 is 0 Å². The molecule has 3 heterocycles. The van der Waals surface area contributed by atoms with Crippen LogP contribution < -0.4 is 15.4 Å². The third-order valence-electron chi connectivity index (χ3n) is 4.30.